The van der Waals surface area contributed by atoms with E-state index in [0.717, 1.165) is 0 Å². The van der Waals surface area contributed by atoms with Gasteiger partial charge in [-0.25, -0.2) is 0 Å². The van der Waals surface area contributed by atoms with Crippen LogP contribution in [0.4, 0.5) is 11.4 Å². The van der Waals surface area contributed by atoms with Crippen molar-refractivity contribution in [3.63, 3.8) is 0 Å². The van der Waals surface area contributed by atoms with Crippen LogP contribution in [0.25, 0.3) is 20.2 Å². The van der Waals surface area contributed by atoms with Gasteiger partial charge in [-0.1, -0.05) is 54.5 Å². The Morgan fingerprint density at radius 2 is 1.09 bits per heavy atom. The Hall–Kier alpha value is -2.87. The fraction of sp³-hybridized carbons (Fsp3) is 0. The Morgan fingerprint density at radius 3 is 1.44 bits per heavy atom. The lowest BCUT2D eigenvalue weighted by atomic mass is 10.1. The predicted octanol–water partition coefficient (Wildman–Crippen LogP) is 5.41. The molecule has 2 aromatic heterocycles. The first-order valence-corrected chi connectivity index (χ1v) is 11.7. The van der Waals surface area contributed by atoms with Gasteiger partial charge in [-0.3, -0.25) is 34.6 Å². The van der Waals surface area contributed by atoms with Crippen LogP contribution in [0.3, 0.4) is 0 Å². The number of benzene rings is 2. The number of carbonyl (C=O) groups excluding carboxylic acids is 1. The van der Waals surface area contributed by atoms with Gasteiger partial charge in [0.25, 0.3) is 11.4 Å². The van der Waals surface area contributed by atoms with Gasteiger partial charge in [0.1, 0.15) is 9.40 Å². The van der Waals surface area contributed by atoms with Crippen molar-refractivity contribution in [3.05, 3.63) is 95.8 Å². The lowest BCUT2D eigenvalue weighted by molar-refractivity contribution is -0.383. The van der Waals surface area contributed by atoms with Crippen molar-refractivity contribution in [2.75, 3.05) is 0 Å². The van der Waals surface area contributed by atoms with Gasteiger partial charge in [-0.2, -0.15) is 0 Å². The number of non-ortho nitro benzene ring substituents is 2. The van der Waals surface area contributed by atoms with Crippen LogP contribution in [0.5, 0.6) is 0 Å². The molecule has 0 fully saturated rings. The number of hydrogen-bond donors (Lipinski definition) is 0. The van der Waals surface area contributed by atoms with E-state index in [2.05, 4.69) is 31.9 Å². The molecule has 0 aliphatic heterocycles. The highest BCUT2D eigenvalue weighted by atomic mass is 79.9. The molecule has 9 nitrogen and oxygen atoms in total. The molecule has 32 heavy (non-hydrogen) atoms. The summed E-state index contributed by atoms with van der Waals surface area (Å²) in [6, 6.07) is 7.99. The van der Waals surface area contributed by atoms with E-state index in [1.807, 2.05) is 0 Å². The zero-order valence-electron chi connectivity index (χ0n) is 15.3. The monoisotopic (exact) mass is 596 g/mol. The largest absolute Gasteiger partial charge is 0.288 e. The molecule has 4 aromatic rings. The highest BCUT2D eigenvalue weighted by Crippen LogP contribution is 2.34. The average Bonchev–Trinajstić information content (AvgIpc) is 2.71. The minimum atomic E-state index is -0.860. The third-order valence-corrected chi connectivity index (χ3v) is 7.46. The first kappa shape index (κ1) is 22.3. The fourth-order valence-electron chi connectivity index (χ4n) is 3.09. The van der Waals surface area contributed by atoms with E-state index in [1.54, 1.807) is 0 Å². The molecule has 0 spiro atoms. The van der Waals surface area contributed by atoms with Crippen molar-refractivity contribution in [1.82, 2.24) is 0 Å². The molecule has 160 valence electrons. The molecule has 0 atom stereocenters. The van der Waals surface area contributed by atoms with Gasteiger partial charge >= 0.3 is 0 Å². The van der Waals surface area contributed by atoms with Crippen molar-refractivity contribution in [2.24, 2.45) is 0 Å². The lowest BCUT2D eigenvalue weighted by Crippen LogP contribution is -2.19. The summed E-state index contributed by atoms with van der Waals surface area (Å²) in [6.07, 6.45) is 0. The molecule has 4 rings (SSSR count). The normalized spacial score (nSPS) is 11.1. The number of hydrogen-bond acceptors (Lipinski definition) is 9. The first-order chi connectivity index (χ1) is 15.1. The van der Waals surface area contributed by atoms with Gasteiger partial charge in [0.15, 0.2) is 0 Å². The number of fused-ring (bicyclic) bond motifs is 2. The van der Waals surface area contributed by atoms with Gasteiger partial charge in [-0.15, -0.1) is 0 Å². The van der Waals surface area contributed by atoms with E-state index in [1.165, 1.54) is 36.4 Å². The molecule has 0 N–H and O–H groups in total. The van der Waals surface area contributed by atoms with Crippen molar-refractivity contribution < 1.29 is 14.6 Å². The van der Waals surface area contributed by atoms with E-state index in [4.69, 9.17) is 0 Å². The smallest absolute Gasteiger partial charge is 0.288 e. The lowest BCUT2D eigenvalue weighted by Gasteiger charge is -2.05. The molecule has 0 aliphatic carbocycles. The molecule has 0 bridgehead atoms. The predicted molar refractivity (Wildman–Crippen MR) is 128 cm³/mol. The summed E-state index contributed by atoms with van der Waals surface area (Å²) in [7, 11) is 0. The van der Waals surface area contributed by atoms with Gasteiger partial charge in [0.05, 0.1) is 21.0 Å². The third kappa shape index (κ3) is 3.88. The minimum Gasteiger partial charge on any atom is -0.288 e. The number of nitro benzene ring substituents is 2. The summed E-state index contributed by atoms with van der Waals surface area (Å²) in [5, 5.41) is 23.2. The molecule has 0 radical (unpaired) electrons. The molecule has 0 saturated heterocycles. The molecule has 0 aliphatic rings. The zero-order valence-corrected chi connectivity index (χ0v) is 20.1. The van der Waals surface area contributed by atoms with E-state index in [0.29, 0.717) is 31.6 Å². The van der Waals surface area contributed by atoms with Crippen molar-refractivity contribution in [2.45, 2.75) is 0 Å². The second-order valence-corrected chi connectivity index (χ2v) is 10.2. The van der Waals surface area contributed by atoms with Crippen LogP contribution >= 0.6 is 54.5 Å². The first-order valence-electron chi connectivity index (χ1n) is 8.45. The van der Waals surface area contributed by atoms with E-state index >= 15 is 0 Å². The molecule has 13 heteroatoms. The topological polar surface area (TPSA) is 137 Å². The summed E-state index contributed by atoms with van der Waals surface area (Å²) in [5.41, 5.74) is -1.21. The molecule has 2 aromatic carbocycles. The minimum absolute atomic E-state index is 0.1000. The number of nitrogens with zero attached hydrogens (tertiary/aromatic N) is 2. The Balaban J connectivity index is 1.95. The molecule has 0 amide bonds. The summed E-state index contributed by atoms with van der Waals surface area (Å²) < 4.78 is -0.507. The quantitative estimate of drug-likeness (QED) is 0.174. The van der Waals surface area contributed by atoms with Gasteiger partial charge < -0.3 is 0 Å². The number of rotatable bonds is 4. The standard InChI is InChI=1S/C19H6Br2N2O7S2/c20-9-1-7-3-11(18(25)31-16(7)13(5-9)22(27)28)15(24)12-4-8-2-10(21)6-14(23(29)30)17(8)32-19(12)26/h1-6H. The number of halogens is 2. The maximum atomic E-state index is 13.1. The Kier molecular flexibility index (Phi) is 5.75. The van der Waals surface area contributed by atoms with Crippen LogP contribution in [0.2, 0.25) is 0 Å². The zero-order chi connectivity index (χ0) is 23.3. The maximum Gasteiger partial charge on any atom is 0.288 e. The highest BCUT2D eigenvalue weighted by molar-refractivity contribution is 9.10. The fourth-order valence-corrected chi connectivity index (χ4v) is 5.86. The Labute approximate surface area is 201 Å². The average molecular weight is 598 g/mol. The molecule has 0 saturated carbocycles. The summed E-state index contributed by atoms with van der Waals surface area (Å²) in [5.74, 6) is -0.860. The van der Waals surface area contributed by atoms with Crippen molar-refractivity contribution in [1.29, 1.82) is 0 Å². The van der Waals surface area contributed by atoms with Gasteiger partial charge in [0, 0.05) is 31.9 Å². The van der Waals surface area contributed by atoms with Crippen molar-refractivity contribution in [3.8, 4) is 0 Å². The molecular formula is C19H6Br2N2O7S2. The van der Waals surface area contributed by atoms with E-state index in [-0.39, 0.29) is 42.7 Å². The van der Waals surface area contributed by atoms with Crippen LogP contribution in [0.15, 0.2) is 54.9 Å². The molecule has 2 heterocycles. The van der Waals surface area contributed by atoms with E-state index in [9.17, 15) is 34.6 Å². The SMILES string of the molecule is O=C(c1cc2cc(Br)cc([N+](=O)[O-])c2sc1=O)c1cc2cc(Br)cc([N+](=O)[O-])c2sc1=O. The van der Waals surface area contributed by atoms with Gasteiger partial charge in [-0.05, 0) is 24.3 Å². The van der Waals surface area contributed by atoms with Crippen LogP contribution in [0, 0.1) is 20.2 Å². The summed E-state index contributed by atoms with van der Waals surface area (Å²) in [4.78, 5) is 59.8. The van der Waals surface area contributed by atoms with Gasteiger partial charge in [0.2, 0.25) is 15.3 Å². The van der Waals surface area contributed by atoms with Crippen LogP contribution in [-0.2, 0) is 0 Å². The Morgan fingerprint density at radius 1 is 0.719 bits per heavy atom. The molecule has 0 unspecified atom stereocenters. The van der Waals surface area contributed by atoms with E-state index < -0.39 is 25.1 Å². The summed E-state index contributed by atoms with van der Waals surface area (Å²) >= 11 is 7.42. The number of nitro groups is 2. The second-order valence-electron chi connectivity index (χ2n) is 6.42. The van der Waals surface area contributed by atoms with Crippen LogP contribution in [0.1, 0.15) is 15.9 Å². The van der Waals surface area contributed by atoms with Crippen LogP contribution in [-0.4, -0.2) is 15.6 Å². The molecular weight excluding hydrogens is 592 g/mol. The number of ketones is 1. The second kappa shape index (κ2) is 8.24. The number of carbonyl (C=O) groups is 1. The van der Waals surface area contributed by atoms with Crippen LogP contribution < -0.4 is 9.48 Å². The third-order valence-electron chi connectivity index (χ3n) is 4.44. The maximum absolute atomic E-state index is 13.1. The Bertz CT molecular complexity index is 1510. The van der Waals surface area contributed by atoms with Crippen molar-refractivity contribution >= 4 is 91.9 Å². The summed E-state index contributed by atoms with van der Waals surface area (Å²) in [6.45, 7) is 0. The highest BCUT2D eigenvalue weighted by Gasteiger charge is 2.24.